The Hall–Kier alpha value is -1.92. The Labute approximate surface area is 111 Å². The Kier molecular flexibility index (Phi) is 5.02. The van der Waals surface area contributed by atoms with E-state index in [9.17, 15) is 19.2 Å². The van der Waals surface area contributed by atoms with Crippen LogP contribution >= 0.6 is 0 Å². The van der Waals surface area contributed by atoms with Crippen LogP contribution in [0, 0.1) is 11.8 Å². The average molecular weight is 270 g/mol. The summed E-state index contributed by atoms with van der Waals surface area (Å²) in [6.07, 6.45) is 0.786. The van der Waals surface area contributed by atoms with Crippen molar-refractivity contribution in [3.05, 3.63) is 0 Å². The Morgan fingerprint density at radius 1 is 1.32 bits per heavy atom. The van der Waals surface area contributed by atoms with Crippen LogP contribution in [0.15, 0.2) is 0 Å². The third-order valence-electron chi connectivity index (χ3n) is 3.14. The van der Waals surface area contributed by atoms with Gasteiger partial charge in [0.05, 0.1) is 5.92 Å². The molecule has 0 bridgehead atoms. The largest absolute Gasteiger partial charge is 0.369 e. The molecule has 2 atom stereocenters. The van der Waals surface area contributed by atoms with Crippen LogP contribution < -0.4 is 5.73 Å². The van der Waals surface area contributed by atoms with Crippen LogP contribution in [0.2, 0.25) is 0 Å². The minimum atomic E-state index is -0.681. The number of primary amides is 1. The van der Waals surface area contributed by atoms with Crippen LogP contribution in [0.4, 0.5) is 0 Å². The Morgan fingerprint density at radius 3 is 2.26 bits per heavy atom. The van der Waals surface area contributed by atoms with E-state index >= 15 is 0 Å². The highest BCUT2D eigenvalue weighted by atomic mass is 16.7. The van der Waals surface area contributed by atoms with Gasteiger partial charge in [-0.25, -0.2) is 4.79 Å². The Morgan fingerprint density at radius 2 is 1.84 bits per heavy atom. The molecule has 19 heavy (non-hydrogen) atoms. The minimum Gasteiger partial charge on any atom is -0.369 e. The SMILES string of the molecule is CCC(CC(C)C(N)=O)C(=O)ON1C(=O)CCC1=O. The van der Waals surface area contributed by atoms with Gasteiger partial charge in [0.2, 0.25) is 5.91 Å². The molecule has 0 aliphatic carbocycles. The second kappa shape index (κ2) is 6.31. The molecule has 2 unspecified atom stereocenters. The molecular weight excluding hydrogens is 252 g/mol. The summed E-state index contributed by atoms with van der Waals surface area (Å²) in [6.45, 7) is 3.37. The van der Waals surface area contributed by atoms with Gasteiger partial charge in [-0.1, -0.05) is 13.8 Å². The zero-order chi connectivity index (χ0) is 14.6. The van der Waals surface area contributed by atoms with Gasteiger partial charge in [0, 0.05) is 18.8 Å². The summed E-state index contributed by atoms with van der Waals surface area (Å²) in [5, 5.41) is 0.514. The summed E-state index contributed by atoms with van der Waals surface area (Å²) < 4.78 is 0. The molecule has 7 nitrogen and oxygen atoms in total. The predicted molar refractivity (Wildman–Crippen MR) is 63.9 cm³/mol. The lowest BCUT2D eigenvalue weighted by Crippen LogP contribution is -2.35. The maximum atomic E-state index is 11.9. The third kappa shape index (κ3) is 3.77. The van der Waals surface area contributed by atoms with E-state index in [4.69, 9.17) is 10.6 Å². The van der Waals surface area contributed by atoms with Crippen molar-refractivity contribution in [1.29, 1.82) is 0 Å². The van der Waals surface area contributed by atoms with Crippen molar-refractivity contribution in [2.45, 2.75) is 39.5 Å². The number of hydrogen-bond donors (Lipinski definition) is 1. The van der Waals surface area contributed by atoms with Crippen LogP contribution in [0.3, 0.4) is 0 Å². The van der Waals surface area contributed by atoms with Gasteiger partial charge in [0.25, 0.3) is 11.8 Å². The number of imide groups is 1. The van der Waals surface area contributed by atoms with Crippen molar-refractivity contribution >= 4 is 23.7 Å². The summed E-state index contributed by atoms with van der Waals surface area (Å²) in [7, 11) is 0. The van der Waals surface area contributed by atoms with Crippen molar-refractivity contribution in [3.63, 3.8) is 0 Å². The van der Waals surface area contributed by atoms with Gasteiger partial charge in [-0.3, -0.25) is 14.4 Å². The fraction of sp³-hybridized carbons (Fsp3) is 0.667. The summed E-state index contributed by atoms with van der Waals surface area (Å²) in [5.41, 5.74) is 5.14. The monoisotopic (exact) mass is 270 g/mol. The van der Waals surface area contributed by atoms with Crippen LogP contribution in [0.5, 0.6) is 0 Å². The zero-order valence-corrected chi connectivity index (χ0v) is 11.0. The molecule has 106 valence electrons. The molecule has 1 heterocycles. The van der Waals surface area contributed by atoms with Gasteiger partial charge >= 0.3 is 5.97 Å². The number of carbonyl (C=O) groups is 4. The normalized spacial score (nSPS) is 18.3. The van der Waals surface area contributed by atoms with E-state index in [0.29, 0.717) is 11.5 Å². The maximum absolute atomic E-state index is 11.9. The van der Waals surface area contributed by atoms with Crippen molar-refractivity contribution in [2.75, 3.05) is 0 Å². The average Bonchev–Trinajstić information content (AvgIpc) is 2.66. The Bertz CT molecular complexity index is 391. The molecule has 0 saturated carbocycles. The highest BCUT2D eigenvalue weighted by Crippen LogP contribution is 2.20. The number of amides is 3. The highest BCUT2D eigenvalue weighted by molar-refractivity contribution is 6.01. The number of rotatable bonds is 6. The lowest BCUT2D eigenvalue weighted by atomic mass is 9.93. The number of nitrogens with two attached hydrogens (primary N) is 1. The third-order valence-corrected chi connectivity index (χ3v) is 3.14. The molecule has 1 saturated heterocycles. The lowest BCUT2D eigenvalue weighted by molar-refractivity contribution is -0.201. The first-order chi connectivity index (χ1) is 8.86. The Balaban J connectivity index is 2.61. The van der Waals surface area contributed by atoms with E-state index in [1.54, 1.807) is 13.8 Å². The van der Waals surface area contributed by atoms with E-state index in [0.717, 1.165) is 0 Å². The van der Waals surface area contributed by atoms with Gasteiger partial charge in [-0.05, 0) is 12.8 Å². The topological polar surface area (TPSA) is 107 Å². The molecule has 0 aromatic carbocycles. The smallest absolute Gasteiger partial charge is 0.336 e. The molecule has 2 N–H and O–H groups in total. The van der Waals surface area contributed by atoms with Gasteiger partial charge in [-0.15, -0.1) is 5.06 Å². The predicted octanol–water partition coefficient (Wildman–Crippen LogP) is 0.131. The standard InChI is InChI=1S/C12H18N2O5/c1-3-8(6-7(2)11(13)17)12(18)19-14-9(15)4-5-10(14)16/h7-8H,3-6H2,1-2H3,(H2,13,17). The van der Waals surface area contributed by atoms with Crippen LogP contribution in [-0.2, 0) is 24.0 Å². The van der Waals surface area contributed by atoms with Gasteiger partial charge in [0.15, 0.2) is 0 Å². The lowest BCUT2D eigenvalue weighted by Gasteiger charge is -2.19. The zero-order valence-electron chi connectivity index (χ0n) is 11.0. The summed E-state index contributed by atoms with van der Waals surface area (Å²) in [5.74, 6) is -3.25. The van der Waals surface area contributed by atoms with Crippen molar-refractivity contribution in [3.8, 4) is 0 Å². The summed E-state index contributed by atoms with van der Waals surface area (Å²) >= 11 is 0. The van der Waals surface area contributed by atoms with Gasteiger partial charge in [-0.2, -0.15) is 0 Å². The van der Waals surface area contributed by atoms with E-state index in [1.165, 1.54) is 0 Å². The summed E-state index contributed by atoms with van der Waals surface area (Å²) in [6, 6.07) is 0. The molecule has 0 aromatic rings. The van der Waals surface area contributed by atoms with Crippen molar-refractivity contribution in [2.24, 2.45) is 17.6 Å². The molecular formula is C12H18N2O5. The molecule has 0 spiro atoms. The second-order valence-corrected chi connectivity index (χ2v) is 4.64. The molecule has 1 aliphatic rings. The molecule has 1 fully saturated rings. The van der Waals surface area contributed by atoms with Crippen LogP contribution in [0.1, 0.15) is 39.5 Å². The van der Waals surface area contributed by atoms with Crippen LogP contribution in [-0.4, -0.2) is 28.8 Å². The quantitative estimate of drug-likeness (QED) is 0.690. The number of nitrogens with zero attached hydrogens (tertiary/aromatic N) is 1. The van der Waals surface area contributed by atoms with Gasteiger partial charge in [0.1, 0.15) is 0 Å². The second-order valence-electron chi connectivity index (χ2n) is 4.64. The molecule has 7 heteroatoms. The first-order valence-corrected chi connectivity index (χ1v) is 6.23. The van der Waals surface area contributed by atoms with E-state index in [2.05, 4.69) is 0 Å². The van der Waals surface area contributed by atoms with Crippen LogP contribution in [0.25, 0.3) is 0 Å². The molecule has 1 aliphatic heterocycles. The molecule has 1 rings (SSSR count). The fourth-order valence-corrected chi connectivity index (χ4v) is 1.79. The maximum Gasteiger partial charge on any atom is 0.336 e. The number of hydrogen-bond acceptors (Lipinski definition) is 5. The fourth-order valence-electron chi connectivity index (χ4n) is 1.79. The highest BCUT2D eigenvalue weighted by Gasteiger charge is 2.35. The van der Waals surface area contributed by atoms with Crippen molar-refractivity contribution in [1.82, 2.24) is 5.06 Å². The van der Waals surface area contributed by atoms with E-state index < -0.39 is 35.5 Å². The van der Waals surface area contributed by atoms with Crippen molar-refractivity contribution < 1.29 is 24.0 Å². The first kappa shape index (κ1) is 15.1. The first-order valence-electron chi connectivity index (χ1n) is 6.23. The molecule has 0 radical (unpaired) electrons. The minimum absolute atomic E-state index is 0.0561. The number of carbonyl (C=O) groups excluding carboxylic acids is 4. The van der Waals surface area contributed by atoms with E-state index in [1.807, 2.05) is 0 Å². The van der Waals surface area contributed by atoms with Gasteiger partial charge < -0.3 is 10.6 Å². The number of hydroxylamine groups is 2. The van der Waals surface area contributed by atoms with E-state index in [-0.39, 0.29) is 19.3 Å². The molecule has 0 aromatic heterocycles. The summed E-state index contributed by atoms with van der Waals surface area (Å²) in [4.78, 5) is 50.3. The molecule has 3 amide bonds.